The van der Waals surface area contributed by atoms with Gasteiger partial charge in [0.05, 0.1) is 12.2 Å². The molecular formula is C9H19NO2. The van der Waals surface area contributed by atoms with E-state index in [4.69, 9.17) is 15.2 Å². The number of methoxy groups -OCH3 is 2. The number of rotatable bonds is 3. The molecule has 0 bridgehead atoms. The standard InChI is InChI=1S/C9H19NO2/c1-11-8-4-3-7(6-10)5-9(8)12-2/h7-9H,3-6,10H2,1-2H3. The molecule has 1 aliphatic carbocycles. The maximum Gasteiger partial charge on any atom is 0.0835 e. The highest BCUT2D eigenvalue weighted by atomic mass is 16.5. The Kier molecular flexibility index (Phi) is 3.98. The van der Waals surface area contributed by atoms with E-state index in [0.29, 0.717) is 5.92 Å². The minimum atomic E-state index is 0.247. The zero-order valence-corrected chi connectivity index (χ0v) is 7.95. The van der Waals surface area contributed by atoms with Gasteiger partial charge in [0.1, 0.15) is 0 Å². The quantitative estimate of drug-likeness (QED) is 0.685. The van der Waals surface area contributed by atoms with Crippen LogP contribution in [0.5, 0.6) is 0 Å². The largest absolute Gasteiger partial charge is 0.379 e. The van der Waals surface area contributed by atoms with Gasteiger partial charge in [-0.05, 0) is 31.7 Å². The van der Waals surface area contributed by atoms with Gasteiger partial charge in [-0.1, -0.05) is 0 Å². The van der Waals surface area contributed by atoms with Crippen molar-refractivity contribution in [2.24, 2.45) is 11.7 Å². The monoisotopic (exact) mass is 173 g/mol. The van der Waals surface area contributed by atoms with Gasteiger partial charge in [-0.2, -0.15) is 0 Å². The molecule has 0 heterocycles. The number of nitrogens with two attached hydrogens (primary N) is 1. The van der Waals surface area contributed by atoms with Gasteiger partial charge < -0.3 is 15.2 Å². The van der Waals surface area contributed by atoms with Gasteiger partial charge in [0, 0.05) is 14.2 Å². The fraction of sp³-hybridized carbons (Fsp3) is 1.00. The average molecular weight is 173 g/mol. The Balaban J connectivity index is 2.41. The Labute approximate surface area is 74.2 Å². The molecule has 0 radical (unpaired) electrons. The van der Waals surface area contributed by atoms with E-state index in [1.54, 1.807) is 14.2 Å². The summed E-state index contributed by atoms with van der Waals surface area (Å²) in [6.45, 7) is 0.774. The Morgan fingerprint density at radius 2 is 1.83 bits per heavy atom. The predicted octanol–water partition coefficient (Wildman–Crippen LogP) is 0.775. The lowest BCUT2D eigenvalue weighted by Gasteiger charge is -2.33. The topological polar surface area (TPSA) is 44.5 Å². The van der Waals surface area contributed by atoms with Crippen LogP contribution in [0.15, 0.2) is 0 Å². The van der Waals surface area contributed by atoms with Gasteiger partial charge >= 0.3 is 0 Å². The van der Waals surface area contributed by atoms with Crippen molar-refractivity contribution < 1.29 is 9.47 Å². The van der Waals surface area contributed by atoms with Crippen molar-refractivity contribution in [3.8, 4) is 0 Å². The Morgan fingerprint density at radius 3 is 2.33 bits per heavy atom. The second kappa shape index (κ2) is 4.80. The summed E-state index contributed by atoms with van der Waals surface area (Å²) in [4.78, 5) is 0. The molecule has 0 aromatic heterocycles. The van der Waals surface area contributed by atoms with Crippen molar-refractivity contribution >= 4 is 0 Å². The first-order valence-electron chi connectivity index (χ1n) is 4.57. The molecule has 0 aromatic rings. The van der Waals surface area contributed by atoms with Crippen LogP contribution >= 0.6 is 0 Å². The van der Waals surface area contributed by atoms with Crippen LogP contribution in [0.4, 0.5) is 0 Å². The summed E-state index contributed by atoms with van der Waals surface area (Å²) in [6, 6.07) is 0. The Bertz CT molecular complexity index is 130. The van der Waals surface area contributed by atoms with Gasteiger partial charge in [0.2, 0.25) is 0 Å². The van der Waals surface area contributed by atoms with Crippen molar-refractivity contribution in [1.29, 1.82) is 0 Å². The van der Waals surface area contributed by atoms with Gasteiger partial charge in [-0.3, -0.25) is 0 Å². The van der Waals surface area contributed by atoms with Gasteiger partial charge in [-0.25, -0.2) is 0 Å². The minimum absolute atomic E-state index is 0.247. The summed E-state index contributed by atoms with van der Waals surface area (Å²) in [5.74, 6) is 0.626. The lowest BCUT2D eigenvalue weighted by atomic mass is 9.85. The Hall–Kier alpha value is -0.120. The van der Waals surface area contributed by atoms with Crippen molar-refractivity contribution in [3.05, 3.63) is 0 Å². The molecule has 0 aromatic carbocycles. The molecule has 72 valence electrons. The van der Waals surface area contributed by atoms with Crippen LogP contribution in [0.25, 0.3) is 0 Å². The normalized spacial score (nSPS) is 36.8. The van der Waals surface area contributed by atoms with Gasteiger partial charge in [0.15, 0.2) is 0 Å². The first-order chi connectivity index (χ1) is 5.81. The third-order valence-electron chi connectivity index (χ3n) is 2.78. The molecule has 3 heteroatoms. The average Bonchev–Trinajstić information content (AvgIpc) is 2.16. The highest BCUT2D eigenvalue weighted by Crippen LogP contribution is 2.27. The van der Waals surface area contributed by atoms with Crippen LogP contribution in [0, 0.1) is 5.92 Å². The van der Waals surface area contributed by atoms with Crippen LogP contribution in [-0.2, 0) is 9.47 Å². The second-order valence-corrected chi connectivity index (χ2v) is 3.46. The first-order valence-corrected chi connectivity index (χ1v) is 4.57. The van der Waals surface area contributed by atoms with E-state index in [2.05, 4.69) is 0 Å². The zero-order chi connectivity index (χ0) is 8.97. The third-order valence-corrected chi connectivity index (χ3v) is 2.78. The predicted molar refractivity (Wildman–Crippen MR) is 48.0 cm³/mol. The van der Waals surface area contributed by atoms with E-state index < -0.39 is 0 Å². The molecule has 3 atom stereocenters. The van der Waals surface area contributed by atoms with Crippen LogP contribution < -0.4 is 5.73 Å². The van der Waals surface area contributed by atoms with E-state index in [0.717, 1.165) is 19.4 Å². The molecule has 1 saturated carbocycles. The SMILES string of the molecule is COC1CCC(CN)CC1OC. The van der Waals surface area contributed by atoms with E-state index in [1.165, 1.54) is 6.42 Å². The number of hydrogen-bond donors (Lipinski definition) is 1. The van der Waals surface area contributed by atoms with Crippen LogP contribution in [0.2, 0.25) is 0 Å². The van der Waals surface area contributed by atoms with E-state index in [9.17, 15) is 0 Å². The zero-order valence-electron chi connectivity index (χ0n) is 7.95. The van der Waals surface area contributed by atoms with Crippen LogP contribution in [0.3, 0.4) is 0 Å². The van der Waals surface area contributed by atoms with E-state index >= 15 is 0 Å². The van der Waals surface area contributed by atoms with Crippen molar-refractivity contribution in [1.82, 2.24) is 0 Å². The molecule has 2 N–H and O–H groups in total. The highest BCUT2D eigenvalue weighted by Gasteiger charge is 2.29. The van der Waals surface area contributed by atoms with Gasteiger partial charge in [-0.15, -0.1) is 0 Å². The molecule has 12 heavy (non-hydrogen) atoms. The highest BCUT2D eigenvalue weighted by molar-refractivity contribution is 4.81. The molecule has 3 unspecified atom stereocenters. The molecule has 1 fully saturated rings. The Morgan fingerprint density at radius 1 is 1.17 bits per heavy atom. The van der Waals surface area contributed by atoms with Crippen molar-refractivity contribution in [2.45, 2.75) is 31.5 Å². The van der Waals surface area contributed by atoms with Crippen LogP contribution in [-0.4, -0.2) is 33.0 Å². The second-order valence-electron chi connectivity index (χ2n) is 3.46. The first kappa shape index (κ1) is 9.96. The summed E-state index contributed by atoms with van der Waals surface area (Å²) in [7, 11) is 3.50. The lowest BCUT2D eigenvalue weighted by molar-refractivity contribution is -0.0692. The van der Waals surface area contributed by atoms with Crippen molar-refractivity contribution in [3.63, 3.8) is 0 Å². The molecule has 3 nitrogen and oxygen atoms in total. The number of hydrogen-bond acceptors (Lipinski definition) is 3. The summed E-state index contributed by atoms with van der Waals surface area (Å²) < 4.78 is 10.7. The smallest absolute Gasteiger partial charge is 0.0835 e. The lowest BCUT2D eigenvalue weighted by Crippen LogP contribution is -2.38. The molecule has 0 amide bonds. The molecule has 1 aliphatic rings. The molecule has 0 saturated heterocycles. The third kappa shape index (κ3) is 2.19. The fourth-order valence-electron chi connectivity index (χ4n) is 1.92. The molecule has 0 spiro atoms. The summed E-state index contributed by atoms with van der Waals surface area (Å²) in [6.07, 6.45) is 3.83. The van der Waals surface area contributed by atoms with Gasteiger partial charge in [0.25, 0.3) is 0 Å². The van der Waals surface area contributed by atoms with E-state index in [-0.39, 0.29) is 12.2 Å². The molecule has 1 rings (SSSR count). The van der Waals surface area contributed by atoms with Crippen molar-refractivity contribution in [2.75, 3.05) is 20.8 Å². The number of ether oxygens (including phenoxy) is 2. The summed E-state index contributed by atoms with van der Waals surface area (Å²) >= 11 is 0. The van der Waals surface area contributed by atoms with Crippen LogP contribution in [0.1, 0.15) is 19.3 Å². The minimum Gasteiger partial charge on any atom is -0.379 e. The van der Waals surface area contributed by atoms with E-state index in [1.807, 2.05) is 0 Å². The fourth-order valence-corrected chi connectivity index (χ4v) is 1.92. The summed E-state index contributed by atoms with van der Waals surface area (Å²) in [5, 5.41) is 0. The molecular weight excluding hydrogens is 154 g/mol. The molecule has 0 aliphatic heterocycles. The maximum absolute atomic E-state index is 5.61. The maximum atomic E-state index is 5.61. The summed E-state index contributed by atoms with van der Waals surface area (Å²) in [5.41, 5.74) is 5.61.